The van der Waals surface area contributed by atoms with Crippen LogP contribution in [0.3, 0.4) is 0 Å². The van der Waals surface area contributed by atoms with Crippen molar-refractivity contribution in [1.29, 1.82) is 0 Å². The summed E-state index contributed by atoms with van der Waals surface area (Å²) in [6.45, 7) is 10.1. The lowest BCUT2D eigenvalue weighted by atomic mass is 10.0. The van der Waals surface area contributed by atoms with Gasteiger partial charge in [-0.2, -0.15) is 0 Å². The number of nitrogens with two attached hydrogens (primary N) is 1. The summed E-state index contributed by atoms with van der Waals surface area (Å²) >= 11 is 0. The fourth-order valence-corrected chi connectivity index (χ4v) is 2.60. The van der Waals surface area contributed by atoms with Gasteiger partial charge in [-0.1, -0.05) is 27.7 Å². The first-order chi connectivity index (χ1) is 7.77. The first-order valence-electron chi connectivity index (χ1n) is 6.27. The molecular weight excluding hydrogens is 216 g/mol. The van der Waals surface area contributed by atoms with Crippen molar-refractivity contribution in [1.82, 2.24) is 5.32 Å². The summed E-state index contributed by atoms with van der Waals surface area (Å²) in [5, 5.41) is 2.98. The van der Waals surface area contributed by atoms with E-state index in [1.54, 1.807) is 7.11 Å². The molecule has 0 aromatic rings. The first-order valence-corrected chi connectivity index (χ1v) is 6.27. The van der Waals surface area contributed by atoms with Gasteiger partial charge < -0.3 is 15.8 Å². The zero-order valence-electron chi connectivity index (χ0n) is 11.7. The van der Waals surface area contributed by atoms with Crippen LogP contribution in [0.4, 0.5) is 0 Å². The van der Waals surface area contributed by atoms with E-state index in [-0.39, 0.29) is 12.0 Å². The average Bonchev–Trinajstić information content (AvgIpc) is 2.63. The zero-order chi connectivity index (χ0) is 13.3. The minimum absolute atomic E-state index is 0.0285. The molecule has 0 aromatic carbocycles. The third-order valence-electron chi connectivity index (χ3n) is 4.83. The fourth-order valence-electron chi connectivity index (χ4n) is 2.60. The molecule has 1 rings (SSSR count). The highest BCUT2D eigenvalue weighted by molar-refractivity contribution is 5.76. The maximum Gasteiger partial charge on any atom is 0.222 e. The van der Waals surface area contributed by atoms with Crippen LogP contribution in [0.25, 0.3) is 0 Å². The van der Waals surface area contributed by atoms with Crippen molar-refractivity contribution in [2.24, 2.45) is 22.5 Å². The molecule has 1 unspecified atom stereocenters. The Hall–Kier alpha value is -0.610. The SMILES string of the molecule is COC(CN)CC(=O)NCC1C(C)(C)C1(C)C. The Bertz CT molecular complexity index is 269. The second-order valence-electron chi connectivity index (χ2n) is 6.10. The van der Waals surface area contributed by atoms with Crippen LogP contribution in [0.2, 0.25) is 0 Å². The molecule has 0 heterocycles. The van der Waals surface area contributed by atoms with E-state index in [9.17, 15) is 4.79 Å². The molecule has 0 spiro atoms. The molecule has 1 amide bonds. The van der Waals surface area contributed by atoms with Crippen LogP contribution in [0.15, 0.2) is 0 Å². The number of methoxy groups -OCH3 is 1. The molecule has 4 nitrogen and oxygen atoms in total. The van der Waals surface area contributed by atoms with E-state index in [2.05, 4.69) is 33.0 Å². The molecule has 1 atom stereocenters. The van der Waals surface area contributed by atoms with Crippen LogP contribution >= 0.6 is 0 Å². The summed E-state index contributed by atoms with van der Waals surface area (Å²) < 4.78 is 5.09. The van der Waals surface area contributed by atoms with Crippen LogP contribution in [0.5, 0.6) is 0 Å². The lowest BCUT2D eigenvalue weighted by Crippen LogP contribution is -2.33. The maximum atomic E-state index is 11.7. The molecule has 0 aromatic heterocycles. The van der Waals surface area contributed by atoms with Gasteiger partial charge in [0.1, 0.15) is 0 Å². The Morgan fingerprint density at radius 1 is 1.35 bits per heavy atom. The van der Waals surface area contributed by atoms with Crippen LogP contribution in [-0.2, 0) is 9.53 Å². The lowest BCUT2D eigenvalue weighted by molar-refractivity contribution is -0.123. The zero-order valence-corrected chi connectivity index (χ0v) is 11.7. The minimum atomic E-state index is -0.171. The molecule has 0 aliphatic heterocycles. The fraction of sp³-hybridized carbons (Fsp3) is 0.923. The highest BCUT2D eigenvalue weighted by Gasteiger charge is 2.64. The molecule has 1 aliphatic carbocycles. The average molecular weight is 242 g/mol. The van der Waals surface area contributed by atoms with Gasteiger partial charge >= 0.3 is 0 Å². The van der Waals surface area contributed by atoms with E-state index in [0.29, 0.717) is 29.7 Å². The molecule has 100 valence electrons. The largest absolute Gasteiger partial charge is 0.380 e. The van der Waals surface area contributed by atoms with E-state index >= 15 is 0 Å². The van der Waals surface area contributed by atoms with Crippen LogP contribution in [0, 0.1) is 16.7 Å². The second-order valence-corrected chi connectivity index (χ2v) is 6.10. The number of rotatable bonds is 6. The maximum absolute atomic E-state index is 11.7. The summed E-state index contributed by atoms with van der Waals surface area (Å²) in [6.07, 6.45) is 0.177. The Balaban J connectivity index is 2.31. The number of nitrogens with one attached hydrogen (secondary N) is 1. The van der Waals surface area contributed by atoms with Crippen LogP contribution < -0.4 is 11.1 Å². The minimum Gasteiger partial charge on any atom is -0.380 e. The summed E-state index contributed by atoms with van der Waals surface area (Å²) in [4.78, 5) is 11.7. The molecule has 0 saturated heterocycles. The quantitative estimate of drug-likeness (QED) is 0.734. The van der Waals surface area contributed by atoms with Gasteiger partial charge in [-0.15, -0.1) is 0 Å². The van der Waals surface area contributed by atoms with Gasteiger partial charge in [0.05, 0.1) is 12.5 Å². The Morgan fingerprint density at radius 2 is 1.88 bits per heavy atom. The van der Waals surface area contributed by atoms with Gasteiger partial charge in [0.15, 0.2) is 0 Å². The van der Waals surface area contributed by atoms with Gasteiger partial charge in [0.25, 0.3) is 0 Å². The molecule has 1 aliphatic rings. The highest BCUT2D eigenvalue weighted by atomic mass is 16.5. The molecule has 4 heteroatoms. The third-order valence-corrected chi connectivity index (χ3v) is 4.83. The van der Waals surface area contributed by atoms with Crippen LogP contribution in [0.1, 0.15) is 34.1 Å². The smallest absolute Gasteiger partial charge is 0.222 e. The third kappa shape index (κ3) is 2.80. The van der Waals surface area contributed by atoms with Crippen molar-refractivity contribution in [3.05, 3.63) is 0 Å². The van der Waals surface area contributed by atoms with E-state index < -0.39 is 0 Å². The van der Waals surface area contributed by atoms with E-state index in [1.165, 1.54) is 0 Å². The predicted octanol–water partition coefficient (Wildman–Crippen LogP) is 1.15. The number of carbonyl (C=O) groups is 1. The van der Waals surface area contributed by atoms with Gasteiger partial charge in [-0.3, -0.25) is 4.79 Å². The topological polar surface area (TPSA) is 64.3 Å². The van der Waals surface area contributed by atoms with Crippen LogP contribution in [-0.4, -0.2) is 32.2 Å². The molecule has 0 bridgehead atoms. The Labute approximate surface area is 104 Å². The van der Waals surface area contributed by atoms with Gasteiger partial charge in [0.2, 0.25) is 5.91 Å². The summed E-state index contributed by atoms with van der Waals surface area (Å²) in [5.74, 6) is 0.582. The van der Waals surface area contributed by atoms with E-state index in [4.69, 9.17) is 10.5 Å². The molecular formula is C13H26N2O2. The Morgan fingerprint density at radius 3 is 2.24 bits per heavy atom. The number of hydrogen-bond acceptors (Lipinski definition) is 3. The van der Waals surface area contributed by atoms with Gasteiger partial charge in [-0.05, 0) is 16.7 Å². The van der Waals surface area contributed by atoms with E-state index in [1.807, 2.05) is 0 Å². The number of amides is 1. The normalized spacial score (nSPS) is 23.2. The van der Waals surface area contributed by atoms with Gasteiger partial charge in [0, 0.05) is 20.2 Å². The Kier molecular flexibility index (Phi) is 4.20. The predicted molar refractivity (Wildman–Crippen MR) is 68.5 cm³/mol. The molecule has 3 N–H and O–H groups in total. The van der Waals surface area contributed by atoms with E-state index in [0.717, 1.165) is 6.54 Å². The monoisotopic (exact) mass is 242 g/mol. The van der Waals surface area contributed by atoms with Crippen molar-refractivity contribution in [3.8, 4) is 0 Å². The highest BCUT2D eigenvalue weighted by Crippen LogP contribution is 2.67. The second kappa shape index (κ2) is 4.94. The van der Waals surface area contributed by atoms with Crippen molar-refractivity contribution in [2.75, 3.05) is 20.2 Å². The van der Waals surface area contributed by atoms with Crippen molar-refractivity contribution in [3.63, 3.8) is 0 Å². The lowest BCUT2D eigenvalue weighted by Gasteiger charge is -2.13. The van der Waals surface area contributed by atoms with Crippen molar-refractivity contribution >= 4 is 5.91 Å². The van der Waals surface area contributed by atoms with Gasteiger partial charge in [-0.25, -0.2) is 0 Å². The molecule has 1 fully saturated rings. The number of carbonyl (C=O) groups excluding carboxylic acids is 1. The van der Waals surface area contributed by atoms with Crippen molar-refractivity contribution < 1.29 is 9.53 Å². The summed E-state index contributed by atoms with van der Waals surface area (Å²) in [6, 6.07) is 0. The van der Waals surface area contributed by atoms with Crippen molar-refractivity contribution in [2.45, 2.75) is 40.2 Å². The molecule has 0 radical (unpaired) electrons. The number of hydrogen-bond donors (Lipinski definition) is 2. The summed E-state index contributed by atoms with van der Waals surface area (Å²) in [5.41, 5.74) is 6.11. The first kappa shape index (κ1) is 14.5. The molecule has 17 heavy (non-hydrogen) atoms. The number of ether oxygens (including phenoxy) is 1. The molecule has 1 saturated carbocycles. The summed E-state index contributed by atoms with van der Waals surface area (Å²) in [7, 11) is 1.58. The standard InChI is InChI=1S/C13H26N2O2/c1-12(2)10(13(12,3)4)8-15-11(16)6-9(7-14)17-5/h9-10H,6-8,14H2,1-5H3,(H,15,16).